The van der Waals surface area contributed by atoms with Crippen LogP contribution in [0.1, 0.15) is 37.4 Å². The van der Waals surface area contributed by atoms with Gasteiger partial charge >= 0.3 is 0 Å². The third kappa shape index (κ3) is 4.80. The summed E-state index contributed by atoms with van der Waals surface area (Å²) in [6.45, 7) is 0.442. The van der Waals surface area contributed by atoms with Crippen LogP contribution in [0.15, 0.2) is 18.2 Å². The van der Waals surface area contributed by atoms with E-state index in [2.05, 4.69) is 0 Å². The highest BCUT2D eigenvalue weighted by molar-refractivity contribution is 6.30. The highest BCUT2D eigenvalue weighted by Gasteiger charge is 2.47. The second kappa shape index (κ2) is 10.8. The molecule has 1 aliphatic carbocycles. The second-order valence-electron chi connectivity index (χ2n) is 10.0. The van der Waals surface area contributed by atoms with E-state index in [0.717, 1.165) is 18.2 Å². The number of phenols is 3. The molecule has 2 heterocycles. The Morgan fingerprint density at radius 3 is 2.15 bits per heavy atom. The maximum atomic E-state index is 13.2. The molecule has 0 aromatic heterocycles. The Morgan fingerprint density at radius 1 is 0.805 bits per heavy atom. The molecule has 0 saturated carbocycles. The molecule has 2 aliphatic heterocycles. The maximum absolute atomic E-state index is 13.2. The first-order chi connectivity index (χ1) is 19.3. The Balaban J connectivity index is 1.37. The minimum Gasteiger partial charge on any atom is -0.508 e. The molecule has 2 aromatic rings. The van der Waals surface area contributed by atoms with Gasteiger partial charge in [0.25, 0.3) is 0 Å². The number of aliphatic hydroxyl groups excluding tert-OH is 6. The van der Waals surface area contributed by atoms with Crippen LogP contribution in [0.5, 0.6) is 23.0 Å². The van der Waals surface area contributed by atoms with Crippen molar-refractivity contribution in [1.82, 2.24) is 0 Å². The largest absolute Gasteiger partial charge is 0.508 e. The van der Waals surface area contributed by atoms with Crippen LogP contribution in [0.25, 0.3) is 0 Å². The van der Waals surface area contributed by atoms with Crippen LogP contribution in [-0.4, -0.2) is 126 Å². The summed E-state index contributed by atoms with van der Waals surface area (Å²) in [5, 5.41) is 92.0. The number of carbonyl (C=O) groups is 2. The summed E-state index contributed by atoms with van der Waals surface area (Å²) < 4.78 is 21.5. The number of phenolic OH excluding ortho intramolecular Hbond substituents is 3. The number of rotatable bonds is 5. The van der Waals surface area contributed by atoms with Gasteiger partial charge in [0.05, 0.1) is 24.3 Å². The predicted molar refractivity (Wildman–Crippen MR) is 131 cm³/mol. The number of aromatic hydroxyl groups is 3. The normalized spacial score (nSPS) is 33.3. The zero-order chi connectivity index (χ0) is 29.9. The zero-order valence-corrected chi connectivity index (χ0v) is 21.3. The quantitative estimate of drug-likeness (QED) is 0.152. The minimum absolute atomic E-state index is 0.0152. The Kier molecular flexibility index (Phi) is 7.66. The summed E-state index contributed by atoms with van der Waals surface area (Å²) in [5.41, 5.74) is -1.48. The molecular formula is C26H28O15. The van der Waals surface area contributed by atoms with Gasteiger partial charge in [-0.2, -0.15) is 0 Å². The van der Waals surface area contributed by atoms with E-state index in [-0.39, 0.29) is 28.9 Å². The van der Waals surface area contributed by atoms with Crippen molar-refractivity contribution in [2.75, 3.05) is 13.2 Å². The van der Waals surface area contributed by atoms with Crippen molar-refractivity contribution < 1.29 is 74.5 Å². The minimum atomic E-state index is -1.87. The molecule has 41 heavy (non-hydrogen) atoms. The van der Waals surface area contributed by atoms with Gasteiger partial charge < -0.3 is 64.9 Å². The zero-order valence-electron chi connectivity index (χ0n) is 21.3. The molecule has 2 fully saturated rings. The molecule has 15 nitrogen and oxygen atoms in total. The summed E-state index contributed by atoms with van der Waals surface area (Å²) in [4.78, 5) is 26.3. The maximum Gasteiger partial charge on any atom is 0.229 e. The van der Waals surface area contributed by atoms with E-state index in [9.17, 15) is 55.5 Å². The molecule has 222 valence electrons. The first kappa shape index (κ1) is 29.1. The molecule has 0 bridgehead atoms. The fourth-order valence-electron chi connectivity index (χ4n) is 4.91. The molecule has 9 atom stereocenters. The Labute approximate surface area is 231 Å². The van der Waals surface area contributed by atoms with Gasteiger partial charge in [-0.15, -0.1) is 0 Å². The average Bonchev–Trinajstić information content (AvgIpc) is 2.94. The van der Waals surface area contributed by atoms with Crippen LogP contribution in [0.4, 0.5) is 0 Å². The van der Waals surface area contributed by atoms with Crippen molar-refractivity contribution in [3.05, 3.63) is 46.0 Å². The number of aliphatic hydroxyl groups is 6. The summed E-state index contributed by atoms with van der Waals surface area (Å²) in [5.74, 6) is -4.03. The first-order valence-electron chi connectivity index (χ1n) is 12.5. The molecule has 5 rings (SSSR count). The molecule has 2 aromatic carbocycles. The lowest BCUT2D eigenvalue weighted by Crippen LogP contribution is -2.61. The van der Waals surface area contributed by atoms with Gasteiger partial charge in [-0.1, -0.05) is 0 Å². The lowest BCUT2D eigenvalue weighted by molar-refractivity contribution is -0.307. The van der Waals surface area contributed by atoms with E-state index in [4.69, 9.17) is 18.9 Å². The molecule has 0 spiro atoms. The van der Waals surface area contributed by atoms with Crippen LogP contribution in [0.3, 0.4) is 0 Å². The second-order valence-corrected chi connectivity index (χ2v) is 10.0. The van der Waals surface area contributed by atoms with Crippen LogP contribution in [0, 0.1) is 6.92 Å². The van der Waals surface area contributed by atoms with Crippen molar-refractivity contribution in [2.24, 2.45) is 0 Å². The van der Waals surface area contributed by atoms with E-state index in [1.165, 1.54) is 6.92 Å². The number of hydrogen-bond acceptors (Lipinski definition) is 15. The van der Waals surface area contributed by atoms with Gasteiger partial charge in [0.15, 0.2) is 29.4 Å². The number of fused-ring (bicyclic) bond motifs is 2. The van der Waals surface area contributed by atoms with Crippen LogP contribution < -0.4 is 4.74 Å². The summed E-state index contributed by atoms with van der Waals surface area (Å²) in [6, 6.07) is 3.22. The SMILES string of the molecule is Cc1c(O)cc2c(c1O)C(=O)c1ccc(O[C@@H]3O[C@H](CO[C@@H]4OC[C@@H](O)[C@H](O)[C@H]4O)[C@@H](O)[C@H](O)[C@H]3O)c(O)c1C2=O. The molecule has 2 saturated heterocycles. The number of ketones is 2. The molecule has 9 N–H and O–H groups in total. The first-order valence-corrected chi connectivity index (χ1v) is 12.5. The van der Waals surface area contributed by atoms with E-state index in [1.54, 1.807) is 0 Å². The summed E-state index contributed by atoms with van der Waals surface area (Å²) >= 11 is 0. The third-order valence-electron chi connectivity index (χ3n) is 7.40. The molecular weight excluding hydrogens is 552 g/mol. The van der Waals surface area contributed by atoms with Crippen molar-refractivity contribution >= 4 is 11.6 Å². The molecule has 0 unspecified atom stereocenters. The van der Waals surface area contributed by atoms with Crippen LogP contribution in [0.2, 0.25) is 0 Å². The number of carbonyl (C=O) groups excluding carboxylic acids is 2. The summed E-state index contributed by atoms with van der Waals surface area (Å²) in [7, 11) is 0. The number of hydrogen-bond donors (Lipinski definition) is 9. The van der Waals surface area contributed by atoms with Crippen molar-refractivity contribution in [3.63, 3.8) is 0 Å². The lowest BCUT2D eigenvalue weighted by Gasteiger charge is -2.41. The van der Waals surface area contributed by atoms with Gasteiger partial charge in [0.2, 0.25) is 6.29 Å². The van der Waals surface area contributed by atoms with Gasteiger partial charge in [-0.25, -0.2) is 0 Å². The fourth-order valence-corrected chi connectivity index (χ4v) is 4.91. The van der Waals surface area contributed by atoms with Crippen LogP contribution in [-0.2, 0) is 14.2 Å². The van der Waals surface area contributed by atoms with Gasteiger partial charge in [-0.05, 0) is 25.1 Å². The number of ether oxygens (including phenoxy) is 4. The third-order valence-corrected chi connectivity index (χ3v) is 7.40. The van der Waals surface area contributed by atoms with E-state index in [0.29, 0.717) is 0 Å². The molecule has 3 aliphatic rings. The van der Waals surface area contributed by atoms with Gasteiger partial charge in [0.1, 0.15) is 54.2 Å². The molecule has 0 amide bonds. The van der Waals surface area contributed by atoms with E-state index >= 15 is 0 Å². The monoisotopic (exact) mass is 580 g/mol. The highest BCUT2D eigenvalue weighted by atomic mass is 16.7. The Bertz CT molecular complexity index is 1380. The Morgan fingerprint density at radius 2 is 1.44 bits per heavy atom. The van der Waals surface area contributed by atoms with Crippen molar-refractivity contribution in [3.8, 4) is 23.0 Å². The van der Waals surface area contributed by atoms with Gasteiger partial charge in [-0.3, -0.25) is 9.59 Å². The topological polar surface area (TPSA) is 253 Å². The van der Waals surface area contributed by atoms with Crippen molar-refractivity contribution in [2.45, 2.75) is 62.2 Å². The smallest absolute Gasteiger partial charge is 0.229 e. The van der Waals surface area contributed by atoms with Crippen LogP contribution >= 0.6 is 0 Å². The predicted octanol–water partition coefficient (Wildman–Crippen LogP) is -2.47. The van der Waals surface area contributed by atoms with E-state index in [1.807, 2.05) is 0 Å². The molecule has 0 radical (unpaired) electrons. The van der Waals surface area contributed by atoms with Gasteiger partial charge in [0, 0.05) is 16.7 Å². The summed E-state index contributed by atoms with van der Waals surface area (Å²) in [6.07, 6.45) is -14.6. The van der Waals surface area contributed by atoms with Crippen molar-refractivity contribution in [1.29, 1.82) is 0 Å². The molecule has 15 heteroatoms. The van der Waals surface area contributed by atoms with E-state index < -0.39 is 102 Å². The number of benzene rings is 2. The average molecular weight is 580 g/mol. The standard InChI is InChI=1S/C26H28O15/c1-7-10(27)4-9-15(16(7)29)17(30)8-2-3-12(20(33)14(8)18(9)31)40-26-24(37)22(35)21(34)13(41-26)6-39-25-23(36)19(32)11(28)5-38-25/h2-4,11,13,19,21-29,32-37H,5-6H2,1H3/t11-,13-,19+,21-,22+,23-,24-,25+,26-/m1/s1. The lowest BCUT2D eigenvalue weighted by atomic mass is 9.82. The Hall–Kier alpha value is -3.38. The fraction of sp³-hybridized carbons (Fsp3) is 0.462. The highest BCUT2D eigenvalue weighted by Crippen LogP contribution is 2.44.